The molecule has 0 unspecified atom stereocenters. The number of rotatable bonds is 2. The number of nitrogens with zero attached hydrogens (tertiary/aromatic N) is 2. The summed E-state index contributed by atoms with van der Waals surface area (Å²) < 4.78 is 0. The Morgan fingerprint density at radius 1 is 1.20 bits per heavy atom. The van der Waals surface area contributed by atoms with E-state index in [0.717, 1.165) is 39.3 Å². The van der Waals surface area contributed by atoms with Gasteiger partial charge in [-0.15, -0.1) is 0 Å². The fraction of sp³-hybridized carbons (Fsp3) is 0.909. The molecule has 0 aliphatic carbocycles. The van der Waals surface area contributed by atoms with E-state index in [1.807, 2.05) is 37.5 Å². The second kappa shape index (κ2) is 8.53. The van der Waals surface area contributed by atoms with Crippen LogP contribution in [0, 0.1) is 0 Å². The normalized spacial score (nSPS) is 15.3. The van der Waals surface area contributed by atoms with Crippen molar-refractivity contribution in [3.8, 4) is 0 Å². The molecular formula is C11H25N3O. The van der Waals surface area contributed by atoms with Gasteiger partial charge in [0, 0.05) is 39.3 Å². The van der Waals surface area contributed by atoms with Gasteiger partial charge >= 0.3 is 6.03 Å². The predicted molar refractivity (Wildman–Crippen MR) is 64.1 cm³/mol. The molecule has 1 heterocycles. The van der Waals surface area contributed by atoms with E-state index in [0.29, 0.717) is 0 Å². The second-order valence-electron chi connectivity index (χ2n) is 3.19. The van der Waals surface area contributed by atoms with Gasteiger partial charge in [0.25, 0.3) is 0 Å². The standard InChI is InChI=1S/C9H19N3O.C2H6/c1-3-11(4-2)9(13)12-7-5-10-6-8-12;1-2/h10H,3-8H2,1-2H3;1-2H3. The first kappa shape index (κ1) is 14.2. The topological polar surface area (TPSA) is 35.6 Å². The maximum atomic E-state index is 11.8. The minimum absolute atomic E-state index is 0.187. The number of carbonyl (C=O) groups excluding carboxylic acids is 1. The molecule has 0 atom stereocenters. The lowest BCUT2D eigenvalue weighted by Gasteiger charge is -2.32. The molecule has 15 heavy (non-hydrogen) atoms. The van der Waals surface area contributed by atoms with E-state index >= 15 is 0 Å². The average Bonchev–Trinajstić information content (AvgIpc) is 2.34. The van der Waals surface area contributed by atoms with Crippen LogP contribution >= 0.6 is 0 Å². The Kier molecular flexibility index (Phi) is 8.09. The van der Waals surface area contributed by atoms with Crippen LogP contribution in [0.3, 0.4) is 0 Å². The summed E-state index contributed by atoms with van der Waals surface area (Å²) in [5.41, 5.74) is 0. The van der Waals surface area contributed by atoms with Crippen LogP contribution in [-0.4, -0.2) is 55.1 Å². The quantitative estimate of drug-likeness (QED) is 0.755. The summed E-state index contributed by atoms with van der Waals surface area (Å²) in [5.74, 6) is 0. The Hall–Kier alpha value is -0.770. The van der Waals surface area contributed by atoms with E-state index < -0.39 is 0 Å². The molecule has 2 amide bonds. The van der Waals surface area contributed by atoms with Crippen molar-refractivity contribution < 1.29 is 4.79 Å². The molecule has 0 aromatic carbocycles. The van der Waals surface area contributed by atoms with E-state index in [9.17, 15) is 4.79 Å². The lowest BCUT2D eigenvalue weighted by atomic mass is 10.4. The van der Waals surface area contributed by atoms with Crippen LogP contribution in [0.5, 0.6) is 0 Å². The van der Waals surface area contributed by atoms with E-state index in [2.05, 4.69) is 5.32 Å². The van der Waals surface area contributed by atoms with Gasteiger partial charge < -0.3 is 15.1 Å². The van der Waals surface area contributed by atoms with Crippen molar-refractivity contribution >= 4 is 6.03 Å². The molecule has 1 aliphatic rings. The van der Waals surface area contributed by atoms with E-state index in [1.165, 1.54) is 0 Å². The molecule has 0 aromatic heterocycles. The number of amides is 2. The molecule has 1 fully saturated rings. The van der Waals surface area contributed by atoms with Crippen LogP contribution < -0.4 is 5.32 Å². The maximum absolute atomic E-state index is 11.8. The molecule has 1 rings (SSSR count). The highest BCUT2D eigenvalue weighted by Crippen LogP contribution is 2.00. The fourth-order valence-corrected chi connectivity index (χ4v) is 1.55. The number of hydrogen-bond acceptors (Lipinski definition) is 2. The number of nitrogens with one attached hydrogen (secondary N) is 1. The molecule has 1 saturated heterocycles. The summed E-state index contributed by atoms with van der Waals surface area (Å²) in [6.07, 6.45) is 0. The van der Waals surface area contributed by atoms with Crippen molar-refractivity contribution in [2.24, 2.45) is 0 Å². The van der Waals surface area contributed by atoms with Gasteiger partial charge in [-0.25, -0.2) is 4.79 Å². The highest BCUT2D eigenvalue weighted by Gasteiger charge is 2.19. The zero-order valence-corrected chi connectivity index (χ0v) is 10.5. The first-order chi connectivity index (χ1) is 7.29. The minimum atomic E-state index is 0.187. The Morgan fingerprint density at radius 2 is 1.67 bits per heavy atom. The van der Waals surface area contributed by atoms with Crippen molar-refractivity contribution in [2.75, 3.05) is 39.3 Å². The lowest BCUT2D eigenvalue weighted by molar-refractivity contribution is 0.151. The molecule has 0 radical (unpaired) electrons. The van der Waals surface area contributed by atoms with Crippen LogP contribution in [-0.2, 0) is 0 Å². The molecule has 0 saturated carbocycles. The summed E-state index contributed by atoms with van der Waals surface area (Å²) in [6.45, 7) is 13.2. The van der Waals surface area contributed by atoms with Gasteiger partial charge in [-0.2, -0.15) is 0 Å². The van der Waals surface area contributed by atoms with Gasteiger partial charge in [0.1, 0.15) is 0 Å². The van der Waals surface area contributed by atoms with E-state index in [-0.39, 0.29) is 6.03 Å². The Morgan fingerprint density at radius 3 is 2.07 bits per heavy atom. The molecule has 0 bridgehead atoms. The number of urea groups is 1. The average molecular weight is 215 g/mol. The monoisotopic (exact) mass is 215 g/mol. The third-order valence-corrected chi connectivity index (χ3v) is 2.42. The first-order valence-electron chi connectivity index (χ1n) is 6.04. The third kappa shape index (κ3) is 4.51. The third-order valence-electron chi connectivity index (χ3n) is 2.42. The fourth-order valence-electron chi connectivity index (χ4n) is 1.55. The summed E-state index contributed by atoms with van der Waals surface area (Å²) in [7, 11) is 0. The zero-order chi connectivity index (χ0) is 11.7. The largest absolute Gasteiger partial charge is 0.325 e. The SMILES string of the molecule is CC.CCN(CC)C(=O)N1CCNCC1. The van der Waals surface area contributed by atoms with Crippen LogP contribution in [0.1, 0.15) is 27.7 Å². The molecule has 4 heteroatoms. The highest BCUT2D eigenvalue weighted by atomic mass is 16.2. The van der Waals surface area contributed by atoms with Crippen LogP contribution in [0.2, 0.25) is 0 Å². The Labute approximate surface area is 93.6 Å². The Balaban J connectivity index is 0.000000921. The van der Waals surface area contributed by atoms with Gasteiger partial charge in [-0.05, 0) is 13.8 Å². The van der Waals surface area contributed by atoms with E-state index in [1.54, 1.807) is 0 Å². The van der Waals surface area contributed by atoms with Gasteiger partial charge in [0.05, 0.1) is 0 Å². The van der Waals surface area contributed by atoms with E-state index in [4.69, 9.17) is 0 Å². The number of hydrogen-bond donors (Lipinski definition) is 1. The van der Waals surface area contributed by atoms with Crippen molar-refractivity contribution in [1.29, 1.82) is 0 Å². The van der Waals surface area contributed by atoms with Crippen LogP contribution in [0.4, 0.5) is 4.79 Å². The van der Waals surface area contributed by atoms with Crippen molar-refractivity contribution in [3.63, 3.8) is 0 Å². The highest BCUT2D eigenvalue weighted by molar-refractivity contribution is 5.74. The lowest BCUT2D eigenvalue weighted by Crippen LogP contribution is -2.51. The Bertz CT molecular complexity index is 163. The molecular weight excluding hydrogens is 190 g/mol. The van der Waals surface area contributed by atoms with Crippen LogP contribution in [0.15, 0.2) is 0 Å². The van der Waals surface area contributed by atoms with Gasteiger partial charge in [0.2, 0.25) is 0 Å². The molecule has 4 nitrogen and oxygen atoms in total. The van der Waals surface area contributed by atoms with Crippen molar-refractivity contribution in [3.05, 3.63) is 0 Å². The summed E-state index contributed by atoms with van der Waals surface area (Å²) in [5, 5.41) is 3.23. The van der Waals surface area contributed by atoms with Gasteiger partial charge in [0.15, 0.2) is 0 Å². The van der Waals surface area contributed by atoms with Crippen molar-refractivity contribution in [2.45, 2.75) is 27.7 Å². The molecule has 90 valence electrons. The second-order valence-corrected chi connectivity index (χ2v) is 3.19. The molecule has 0 aromatic rings. The zero-order valence-electron chi connectivity index (χ0n) is 10.5. The summed E-state index contributed by atoms with van der Waals surface area (Å²) in [6, 6.07) is 0.187. The minimum Gasteiger partial charge on any atom is -0.325 e. The predicted octanol–water partition coefficient (Wildman–Crippen LogP) is 1.38. The maximum Gasteiger partial charge on any atom is 0.320 e. The van der Waals surface area contributed by atoms with Crippen LogP contribution in [0.25, 0.3) is 0 Å². The summed E-state index contributed by atoms with van der Waals surface area (Å²) in [4.78, 5) is 15.6. The van der Waals surface area contributed by atoms with Crippen molar-refractivity contribution in [1.82, 2.24) is 15.1 Å². The summed E-state index contributed by atoms with van der Waals surface area (Å²) >= 11 is 0. The smallest absolute Gasteiger partial charge is 0.320 e. The number of piperazine rings is 1. The molecule has 1 N–H and O–H groups in total. The molecule has 0 spiro atoms. The molecule has 1 aliphatic heterocycles. The first-order valence-corrected chi connectivity index (χ1v) is 6.04. The van der Waals surface area contributed by atoms with Gasteiger partial charge in [-0.1, -0.05) is 13.8 Å². The van der Waals surface area contributed by atoms with Gasteiger partial charge in [-0.3, -0.25) is 0 Å². The number of carbonyl (C=O) groups is 1.